The van der Waals surface area contributed by atoms with Gasteiger partial charge in [-0.05, 0) is 13.3 Å². The van der Waals surface area contributed by atoms with Gasteiger partial charge in [0.15, 0.2) is 0 Å². The van der Waals surface area contributed by atoms with Crippen LogP contribution < -0.4 is 0 Å². The van der Waals surface area contributed by atoms with Gasteiger partial charge in [0.25, 0.3) is 0 Å². The van der Waals surface area contributed by atoms with Crippen molar-refractivity contribution in [3.63, 3.8) is 0 Å². The quantitative estimate of drug-likeness (QED) is 0.552. The zero-order chi connectivity index (χ0) is 7.28. The first-order valence-electron chi connectivity index (χ1n) is 3.21. The lowest BCUT2D eigenvalue weighted by Crippen LogP contribution is -2.01. The molecule has 0 rings (SSSR count). The van der Waals surface area contributed by atoms with Gasteiger partial charge in [0.05, 0.1) is 12.2 Å². The first kappa shape index (κ1) is 8.66. The Labute approximate surface area is 55.8 Å². The van der Waals surface area contributed by atoms with Crippen LogP contribution in [-0.2, 0) is 0 Å². The molecule has 9 heavy (non-hydrogen) atoms. The molecule has 2 atom stereocenters. The Hall–Kier alpha value is -0.340. The van der Waals surface area contributed by atoms with Gasteiger partial charge in [-0.25, -0.2) is 0 Å². The standard InChI is InChI=1S/C7H14O2/c1-3-7(9)5-4-6(2)8/h4-9H,3H2,1-2H3. The average molecular weight is 130 g/mol. The van der Waals surface area contributed by atoms with Crippen molar-refractivity contribution in [3.8, 4) is 0 Å². The van der Waals surface area contributed by atoms with Crippen molar-refractivity contribution in [2.75, 3.05) is 0 Å². The van der Waals surface area contributed by atoms with E-state index in [9.17, 15) is 0 Å². The summed E-state index contributed by atoms with van der Waals surface area (Å²) in [5.41, 5.74) is 0. The third-order valence-corrected chi connectivity index (χ3v) is 1.03. The number of aliphatic hydroxyl groups excluding tert-OH is 2. The summed E-state index contributed by atoms with van der Waals surface area (Å²) < 4.78 is 0. The van der Waals surface area contributed by atoms with Gasteiger partial charge in [-0.1, -0.05) is 19.1 Å². The Balaban J connectivity index is 3.43. The lowest BCUT2D eigenvalue weighted by Gasteiger charge is -1.99. The smallest absolute Gasteiger partial charge is 0.0719 e. The van der Waals surface area contributed by atoms with Gasteiger partial charge in [0, 0.05) is 0 Å². The molecule has 54 valence electrons. The molecule has 0 fully saturated rings. The topological polar surface area (TPSA) is 40.5 Å². The number of hydrogen-bond donors (Lipinski definition) is 2. The van der Waals surface area contributed by atoms with Crippen LogP contribution in [0, 0.1) is 0 Å². The number of hydrogen-bond acceptors (Lipinski definition) is 2. The van der Waals surface area contributed by atoms with Crippen molar-refractivity contribution >= 4 is 0 Å². The predicted molar refractivity (Wildman–Crippen MR) is 37.1 cm³/mol. The van der Waals surface area contributed by atoms with Crippen LogP contribution in [0.2, 0.25) is 0 Å². The van der Waals surface area contributed by atoms with Crippen LogP contribution in [0.4, 0.5) is 0 Å². The third kappa shape index (κ3) is 5.53. The molecule has 2 heteroatoms. The number of aliphatic hydroxyl groups is 2. The summed E-state index contributed by atoms with van der Waals surface area (Å²) in [6.45, 7) is 3.54. The molecule has 0 aliphatic heterocycles. The second-order valence-corrected chi connectivity index (χ2v) is 2.10. The Morgan fingerprint density at radius 1 is 1.33 bits per heavy atom. The fourth-order valence-corrected chi connectivity index (χ4v) is 0.425. The minimum absolute atomic E-state index is 0.403. The molecule has 0 aromatic carbocycles. The van der Waals surface area contributed by atoms with Crippen molar-refractivity contribution < 1.29 is 10.2 Å². The highest BCUT2D eigenvalue weighted by atomic mass is 16.3. The summed E-state index contributed by atoms with van der Waals surface area (Å²) in [5, 5.41) is 17.6. The first-order chi connectivity index (χ1) is 4.16. The van der Waals surface area contributed by atoms with Crippen LogP contribution in [0.1, 0.15) is 20.3 Å². The summed E-state index contributed by atoms with van der Waals surface area (Å²) in [6.07, 6.45) is 3.02. The summed E-state index contributed by atoms with van der Waals surface area (Å²) in [7, 11) is 0. The van der Waals surface area contributed by atoms with E-state index in [-0.39, 0.29) is 0 Å². The highest BCUT2D eigenvalue weighted by molar-refractivity contribution is 4.91. The Kier molecular flexibility index (Phi) is 4.36. The maximum atomic E-state index is 8.91. The van der Waals surface area contributed by atoms with Crippen LogP contribution in [0.3, 0.4) is 0 Å². The van der Waals surface area contributed by atoms with E-state index in [2.05, 4.69) is 0 Å². The summed E-state index contributed by atoms with van der Waals surface area (Å²) in [4.78, 5) is 0. The Bertz CT molecular complexity index is 86.9. The molecule has 2 N–H and O–H groups in total. The molecule has 2 nitrogen and oxygen atoms in total. The first-order valence-corrected chi connectivity index (χ1v) is 3.21. The van der Waals surface area contributed by atoms with Crippen molar-refractivity contribution in [2.24, 2.45) is 0 Å². The molecule has 0 aromatic rings. The average Bonchev–Trinajstić information content (AvgIpc) is 1.83. The van der Waals surface area contributed by atoms with E-state index < -0.39 is 12.2 Å². The van der Waals surface area contributed by atoms with Crippen molar-refractivity contribution in [1.82, 2.24) is 0 Å². The summed E-state index contributed by atoms with van der Waals surface area (Å²) in [5.74, 6) is 0. The van der Waals surface area contributed by atoms with Crippen LogP contribution in [-0.4, -0.2) is 22.4 Å². The molecule has 0 saturated heterocycles. The molecule has 0 radical (unpaired) electrons. The molecule has 0 aliphatic rings. The van der Waals surface area contributed by atoms with Gasteiger partial charge in [-0.3, -0.25) is 0 Å². The molecule has 0 spiro atoms. The van der Waals surface area contributed by atoms with Gasteiger partial charge >= 0.3 is 0 Å². The van der Waals surface area contributed by atoms with Crippen molar-refractivity contribution in [2.45, 2.75) is 32.5 Å². The summed E-state index contributed by atoms with van der Waals surface area (Å²) >= 11 is 0. The van der Waals surface area contributed by atoms with Crippen LogP contribution in [0.25, 0.3) is 0 Å². The molecule has 0 aromatic heterocycles. The van der Waals surface area contributed by atoms with Crippen LogP contribution in [0.5, 0.6) is 0 Å². The lowest BCUT2D eigenvalue weighted by atomic mass is 10.2. The zero-order valence-electron chi connectivity index (χ0n) is 5.91. The Morgan fingerprint density at radius 3 is 2.22 bits per heavy atom. The fourth-order valence-electron chi connectivity index (χ4n) is 0.425. The van der Waals surface area contributed by atoms with Gasteiger partial charge in [-0.15, -0.1) is 0 Å². The number of rotatable bonds is 3. The maximum Gasteiger partial charge on any atom is 0.0719 e. The highest BCUT2D eigenvalue weighted by Crippen LogP contribution is 1.92. The Morgan fingerprint density at radius 2 is 1.89 bits per heavy atom. The molecule has 2 unspecified atom stereocenters. The van der Waals surface area contributed by atoms with Gasteiger partial charge in [-0.2, -0.15) is 0 Å². The van der Waals surface area contributed by atoms with E-state index in [0.29, 0.717) is 6.42 Å². The minimum Gasteiger partial charge on any atom is -0.389 e. The van der Waals surface area contributed by atoms with E-state index in [1.807, 2.05) is 6.92 Å². The fraction of sp³-hybridized carbons (Fsp3) is 0.714. The maximum absolute atomic E-state index is 8.91. The van der Waals surface area contributed by atoms with Gasteiger partial charge in [0.2, 0.25) is 0 Å². The van der Waals surface area contributed by atoms with Crippen LogP contribution >= 0.6 is 0 Å². The van der Waals surface area contributed by atoms with Crippen molar-refractivity contribution in [1.29, 1.82) is 0 Å². The largest absolute Gasteiger partial charge is 0.389 e. The zero-order valence-corrected chi connectivity index (χ0v) is 5.91. The molecular formula is C7H14O2. The summed E-state index contributed by atoms with van der Waals surface area (Å²) in [6, 6.07) is 0. The molecule has 0 heterocycles. The molecule has 0 aliphatic carbocycles. The molecule has 0 saturated carbocycles. The van der Waals surface area contributed by atoms with Crippen molar-refractivity contribution in [3.05, 3.63) is 12.2 Å². The highest BCUT2D eigenvalue weighted by Gasteiger charge is 1.92. The normalized spacial score (nSPS) is 18.2. The predicted octanol–water partition coefficient (Wildman–Crippen LogP) is 0.694. The second kappa shape index (κ2) is 4.53. The molecule has 0 amide bonds. The van der Waals surface area contributed by atoms with E-state index in [0.717, 1.165) is 0 Å². The lowest BCUT2D eigenvalue weighted by molar-refractivity contribution is 0.211. The molecular weight excluding hydrogens is 116 g/mol. The van der Waals surface area contributed by atoms with E-state index in [1.54, 1.807) is 19.1 Å². The third-order valence-electron chi connectivity index (χ3n) is 1.03. The van der Waals surface area contributed by atoms with Gasteiger partial charge < -0.3 is 10.2 Å². The SMILES string of the molecule is CCC(O)C=CC(C)O. The van der Waals surface area contributed by atoms with E-state index >= 15 is 0 Å². The monoisotopic (exact) mass is 130 g/mol. The minimum atomic E-state index is -0.453. The van der Waals surface area contributed by atoms with Gasteiger partial charge in [0.1, 0.15) is 0 Å². The second-order valence-electron chi connectivity index (χ2n) is 2.10. The van der Waals surface area contributed by atoms with Crippen LogP contribution in [0.15, 0.2) is 12.2 Å². The van der Waals surface area contributed by atoms with E-state index in [1.165, 1.54) is 0 Å². The van der Waals surface area contributed by atoms with E-state index in [4.69, 9.17) is 10.2 Å². The molecule has 0 bridgehead atoms.